The van der Waals surface area contributed by atoms with Gasteiger partial charge in [-0.15, -0.1) is 0 Å². The SMILES string of the molecule is CCNc1cc(Nc2ccc(F)cc2)nc(COC)n1. The van der Waals surface area contributed by atoms with Gasteiger partial charge in [0.05, 0.1) is 0 Å². The van der Waals surface area contributed by atoms with Gasteiger partial charge in [-0.25, -0.2) is 14.4 Å². The van der Waals surface area contributed by atoms with Crippen molar-refractivity contribution in [2.75, 3.05) is 24.3 Å². The molecule has 2 rings (SSSR count). The van der Waals surface area contributed by atoms with E-state index in [1.165, 1.54) is 12.1 Å². The van der Waals surface area contributed by atoms with Gasteiger partial charge in [-0.1, -0.05) is 0 Å². The fourth-order valence-corrected chi connectivity index (χ4v) is 1.71. The zero-order valence-corrected chi connectivity index (χ0v) is 11.5. The molecule has 0 bridgehead atoms. The number of nitrogens with zero attached hydrogens (tertiary/aromatic N) is 2. The lowest BCUT2D eigenvalue weighted by atomic mass is 10.3. The molecule has 2 N–H and O–H groups in total. The van der Waals surface area contributed by atoms with Gasteiger partial charge in [-0.2, -0.15) is 0 Å². The zero-order chi connectivity index (χ0) is 14.4. The van der Waals surface area contributed by atoms with Crippen molar-refractivity contribution in [3.63, 3.8) is 0 Å². The Morgan fingerprint density at radius 3 is 2.50 bits per heavy atom. The van der Waals surface area contributed by atoms with Crippen molar-refractivity contribution in [1.29, 1.82) is 0 Å². The summed E-state index contributed by atoms with van der Waals surface area (Å²) in [5.74, 6) is 1.66. The average molecular weight is 276 g/mol. The van der Waals surface area contributed by atoms with Crippen LogP contribution in [0.25, 0.3) is 0 Å². The van der Waals surface area contributed by atoms with Crippen LogP contribution in [0.15, 0.2) is 30.3 Å². The Kier molecular flexibility index (Phi) is 4.84. The second-order valence-electron chi connectivity index (χ2n) is 4.15. The fraction of sp³-hybridized carbons (Fsp3) is 0.286. The van der Waals surface area contributed by atoms with Crippen molar-refractivity contribution in [3.05, 3.63) is 42.0 Å². The van der Waals surface area contributed by atoms with E-state index in [0.717, 1.165) is 18.1 Å². The second-order valence-corrected chi connectivity index (χ2v) is 4.15. The number of hydrogen-bond donors (Lipinski definition) is 2. The Balaban J connectivity index is 2.22. The first-order chi connectivity index (χ1) is 9.71. The van der Waals surface area contributed by atoms with Crippen LogP contribution in [0.2, 0.25) is 0 Å². The molecular formula is C14H17FN4O. The maximum atomic E-state index is 12.9. The van der Waals surface area contributed by atoms with Gasteiger partial charge in [-0.3, -0.25) is 0 Å². The topological polar surface area (TPSA) is 59.1 Å². The van der Waals surface area contributed by atoms with Crippen LogP contribution in [0.5, 0.6) is 0 Å². The monoisotopic (exact) mass is 276 g/mol. The molecular weight excluding hydrogens is 259 g/mol. The minimum Gasteiger partial charge on any atom is -0.377 e. The van der Waals surface area contributed by atoms with Crippen LogP contribution in [-0.4, -0.2) is 23.6 Å². The minimum atomic E-state index is -0.272. The summed E-state index contributed by atoms with van der Waals surface area (Å²) < 4.78 is 17.9. The van der Waals surface area contributed by atoms with Gasteiger partial charge in [0, 0.05) is 25.4 Å². The summed E-state index contributed by atoms with van der Waals surface area (Å²) in [6.45, 7) is 3.09. The van der Waals surface area contributed by atoms with Gasteiger partial charge in [-0.05, 0) is 31.2 Å². The summed E-state index contributed by atoms with van der Waals surface area (Å²) in [5.41, 5.74) is 0.760. The molecule has 0 atom stereocenters. The number of rotatable bonds is 6. The van der Waals surface area contributed by atoms with Crippen LogP contribution < -0.4 is 10.6 Å². The number of nitrogens with one attached hydrogen (secondary N) is 2. The molecule has 5 nitrogen and oxygen atoms in total. The van der Waals surface area contributed by atoms with E-state index in [1.54, 1.807) is 25.3 Å². The van der Waals surface area contributed by atoms with Gasteiger partial charge in [0.25, 0.3) is 0 Å². The maximum absolute atomic E-state index is 12.9. The Bertz CT molecular complexity index is 535. The van der Waals surface area contributed by atoms with Crippen molar-refractivity contribution < 1.29 is 9.13 Å². The Morgan fingerprint density at radius 1 is 1.15 bits per heavy atom. The molecule has 0 aliphatic rings. The van der Waals surface area contributed by atoms with Crippen molar-refractivity contribution in [3.8, 4) is 0 Å². The Morgan fingerprint density at radius 2 is 1.85 bits per heavy atom. The molecule has 106 valence electrons. The van der Waals surface area contributed by atoms with Gasteiger partial charge in [0.15, 0.2) is 5.82 Å². The third-order valence-corrected chi connectivity index (χ3v) is 2.52. The molecule has 0 saturated carbocycles. The highest BCUT2D eigenvalue weighted by Crippen LogP contribution is 2.18. The largest absolute Gasteiger partial charge is 0.377 e. The second kappa shape index (κ2) is 6.81. The molecule has 20 heavy (non-hydrogen) atoms. The zero-order valence-electron chi connectivity index (χ0n) is 11.5. The number of ether oxygens (including phenoxy) is 1. The Hall–Kier alpha value is -2.21. The summed E-state index contributed by atoms with van der Waals surface area (Å²) in [7, 11) is 1.59. The maximum Gasteiger partial charge on any atom is 0.158 e. The quantitative estimate of drug-likeness (QED) is 0.849. The van der Waals surface area contributed by atoms with Gasteiger partial charge in [0.2, 0.25) is 0 Å². The normalized spacial score (nSPS) is 10.3. The summed E-state index contributed by atoms with van der Waals surface area (Å²) in [4.78, 5) is 8.66. The van der Waals surface area contributed by atoms with Crippen LogP contribution in [0.3, 0.4) is 0 Å². The molecule has 0 amide bonds. The highest BCUT2D eigenvalue weighted by Gasteiger charge is 2.05. The first-order valence-electron chi connectivity index (χ1n) is 6.34. The van der Waals surface area contributed by atoms with Gasteiger partial charge in [0.1, 0.15) is 24.1 Å². The molecule has 6 heteroatoms. The van der Waals surface area contributed by atoms with Crippen molar-refractivity contribution in [2.24, 2.45) is 0 Å². The molecule has 1 heterocycles. The molecule has 0 aliphatic carbocycles. The molecule has 2 aromatic rings. The third-order valence-electron chi connectivity index (χ3n) is 2.52. The average Bonchev–Trinajstić information content (AvgIpc) is 2.42. The van der Waals surface area contributed by atoms with E-state index in [0.29, 0.717) is 18.2 Å². The number of aromatic nitrogens is 2. The number of benzene rings is 1. The molecule has 1 aromatic carbocycles. The lowest BCUT2D eigenvalue weighted by molar-refractivity contribution is 0.178. The molecule has 0 spiro atoms. The first-order valence-corrected chi connectivity index (χ1v) is 6.34. The van der Waals surface area contributed by atoms with E-state index in [-0.39, 0.29) is 5.82 Å². The van der Waals surface area contributed by atoms with E-state index in [1.807, 2.05) is 6.92 Å². The first kappa shape index (κ1) is 14.2. The standard InChI is InChI=1S/C14H17FN4O/c1-3-16-12-8-13(19-14(18-12)9-20-2)17-11-6-4-10(15)5-7-11/h4-8H,3,9H2,1-2H3,(H2,16,17,18,19). The summed E-state index contributed by atoms with van der Waals surface area (Å²) in [6, 6.07) is 7.89. The summed E-state index contributed by atoms with van der Waals surface area (Å²) >= 11 is 0. The number of hydrogen-bond acceptors (Lipinski definition) is 5. The summed E-state index contributed by atoms with van der Waals surface area (Å²) in [6.07, 6.45) is 0. The molecule has 0 radical (unpaired) electrons. The smallest absolute Gasteiger partial charge is 0.158 e. The number of halogens is 1. The van der Waals surface area contributed by atoms with Crippen LogP contribution in [0, 0.1) is 5.82 Å². The van der Waals surface area contributed by atoms with E-state index in [4.69, 9.17) is 4.74 Å². The van der Waals surface area contributed by atoms with E-state index in [2.05, 4.69) is 20.6 Å². The van der Waals surface area contributed by atoms with E-state index in [9.17, 15) is 4.39 Å². The van der Waals surface area contributed by atoms with Crippen LogP contribution in [0.1, 0.15) is 12.7 Å². The van der Waals surface area contributed by atoms with Crippen LogP contribution >= 0.6 is 0 Å². The van der Waals surface area contributed by atoms with E-state index < -0.39 is 0 Å². The molecule has 0 fully saturated rings. The molecule has 0 aliphatic heterocycles. The third kappa shape index (κ3) is 3.89. The predicted molar refractivity (Wildman–Crippen MR) is 76.6 cm³/mol. The van der Waals surface area contributed by atoms with Crippen molar-refractivity contribution in [2.45, 2.75) is 13.5 Å². The Labute approximate surface area is 117 Å². The highest BCUT2D eigenvalue weighted by atomic mass is 19.1. The van der Waals surface area contributed by atoms with Crippen molar-refractivity contribution >= 4 is 17.3 Å². The lowest BCUT2D eigenvalue weighted by Gasteiger charge is -2.10. The fourth-order valence-electron chi connectivity index (χ4n) is 1.71. The molecule has 1 aromatic heterocycles. The number of anilines is 3. The van der Waals surface area contributed by atoms with E-state index >= 15 is 0 Å². The predicted octanol–water partition coefficient (Wildman–Crippen LogP) is 2.94. The van der Waals surface area contributed by atoms with Crippen LogP contribution in [-0.2, 0) is 11.3 Å². The number of methoxy groups -OCH3 is 1. The molecule has 0 unspecified atom stereocenters. The van der Waals surface area contributed by atoms with Gasteiger partial charge < -0.3 is 15.4 Å². The summed E-state index contributed by atoms with van der Waals surface area (Å²) in [5, 5.41) is 6.25. The highest BCUT2D eigenvalue weighted by molar-refractivity contribution is 5.59. The van der Waals surface area contributed by atoms with Crippen LogP contribution in [0.4, 0.5) is 21.7 Å². The minimum absolute atomic E-state index is 0.272. The van der Waals surface area contributed by atoms with Crippen molar-refractivity contribution in [1.82, 2.24) is 9.97 Å². The molecule has 0 saturated heterocycles. The van der Waals surface area contributed by atoms with Gasteiger partial charge >= 0.3 is 0 Å². The lowest BCUT2D eigenvalue weighted by Crippen LogP contribution is -2.06.